The molecular weight excluding hydrogens is 450 g/mol. The summed E-state index contributed by atoms with van der Waals surface area (Å²) in [7, 11) is 0. The molecule has 2 aromatic carbocycles. The Labute approximate surface area is 199 Å². The second kappa shape index (κ2) is 11.7. The molecule has 0 heterocycles. The van der Waals surface area contributed by atoms with Crippen LogP contribution in [-0.2, 0) is 16.0 Å². The van der Waals surface area contributed by atoms with Crippen LogP contribution in [0.4, 0.5) is 4.39 Å². The van der Waals surface area contributed by atoms with E-state index in [0.29, 0.717) is 22.9 Å². The number of alkyl halides is 1. The Bertz CT molecular complexity index is 914. The zero-order chi connectivity index (χ0) is 23.1. The highest BCUT2D eigenvalue weighted by Gasteiger charge is 2.33. The standard InChI is InChI=1S/C25H29Cl2FN2O2/c1-17-6-12-21(13-7-17)29-25(32)24(19-8-10-20(28)11-9-19)30(23(31)16-26)15-14-18-4-2-3-5-22(18)27/h2-5,8-11,17,21,24H,6-7,12-16H2,1H3,(H,29,32)/t17?,21?,24-/m1/s1. The Kier molecular flexibility index (Phi) is 8.94. The van der Waals surface area contributed by atoms with Crippen molar-refractivity contribution in [2.24, 2.45) is 5.92 Å². The van der Waals surface area contributed by atoms with E-state index >= 15 is 0 Å². The smallest absolute Gasteiger partial charge is 0.247 e. The SMILES string of the molecule is CC1CCC(NC(=O)[C@@H](c2ccc(F)cc2)N(CCc2ccccc2Cl)C(=O)CCl)CC1. The maximum Gasteiger partial charge on any atom is 0.247 e. The van der Waals surface area contributed by atoms with Crippen molar-refractivity contribution in [3.05, 3.63) is 70.5 Å². The summed E-state index contributed by atoms with van der Waals surface area (Å²) in [5.74, 6) is -0.634. The molecule has 7 heteroatoms. The summed E-state index contributed by atoms with van der Waals surface area (Å²) in [5.41, 5.74) is 1.42. The third-order valence-corrected chi connectivity index (χ3v) is 6.72. The van der Waals surface area contributed by atoms with Crippen molar-refractivity contribution in [1.82, 2.24) is 10.2 Å². The highest BCUT2D eigenvalue weighted by molar-refractivity contribution is 6.31. The molecule has 1 aliphatic rings. The van der Waals surface area contributed by atoms with Crippen LogP contribution in [0.25, 0.3) is 0 Å². The highest BCUT2D eigenvalue weighted by Crippen LogP contribution is 2.27. The highest BCUT2D eigenvalue weighted by atomic mass is 35.5. The second-order valence-electron chi connectivity index (χ2n) is 8.48. The summed E-state index contributed by atoms with van der Waals surface area (Å²) in [6, 6.07) is 12.3. The van der Waals surface area contributed by atoms with Crippen LogP contribution >= 0.6 is 23.2 Å². The number of benzene rings is 2. The maximum absolute atomic E-state index is 13.6. The van der Waals surface area contributed by atoms with E-state index in [2.05, 4.69) is 12.2 Å². The van der Waals surface area contributed by atoms with Crippen molar-refractivity contribution in [2.45, 2.75) is 51.1 Å². The van der Waals surface area contributed by atoms with Gasteiger partial charge in [-0.15, -0.1) is 11.6 Å². The summed E-state index contributed by atoms with van der Waals surface area (Å²) >= 11 is 12.2. The first-order chi connectivity index (χ1) is 15.4. The van der Waals surface area contributed by atoms with Crippen molar-refractivity contribution >= 4 is 35.0 Å². The van der Waals surface area contributed by atoms with E-state index in [0.717, 1.165) is 31.2 Å². The van der Waals surface area contributed by atoms with Crippen molar-refractivity contribution in [1.29, 1.82) is 0 Å². The summed E-state index contributed by atoms with van der Waals surface area (Å²) in [4.78, 5) is 27.8. The Morgan fingerprint density at radius 3 is 2.38 bits per heavy atom. The molecule has 1 saturated carbocycles. The van der Waals surface area contributed by atoms with Gasteiger partial charge in [-0.05, 0) is 67.3 Å². The molecule has 1 aliphatic carbocycles. The number of carbonyl (C=O) groups is 2. The van der Waals surface area contributed by atoms with Gasteiger partial charge >= 0.3 is 0 Å². The minimum Gasteiger partial charge on any atom is -0.351 e. The van der Waals surface area contributed by atoms with Gasteiger partial charge in [-0.1, -0.05) is 48.9 Å². The molecule has 0 unspecified atom stereocenters. The van der Waals surface area contributed by atoms with Gasteiger partial charge in [0.1, 0.15) is 17.7 Å². The summed E-state index contributed by atoms with van der Waals surface area (Å²) in [5, 5.41) is 3.73. The van der Waals surface area contributed by atoms with Crippen LogP contribution in [0, 0.1) is 11.7 Å². The molecule has 0 spiro atoms. The molecule has 0 saturated heterocycles. The molecule has 2 amide bonds. The van der Waals surface area contributed by atoms with E-state index < -0.39 is 11.9 Å². The fraction of sp³-hybridized carbons (Fsp3) is 0.440. The average molecular weight is 479 g/mol. The molecule has 1 fully saturated rings. The fourth-order valence-electron chi connectivity index (χ4n) is 4.22. The van der Waals surface area contributed by atoms with Gasteiger partial charge < -0.3 is 10.2 Å². The largest absolute Gasteiger partial charge is 0.351 e. The Morgan fingerprint density at radius 1 is 1.09 bits per heavy atom. The first-order valence-electron chi connectivity index (χ1n) is 11.0. The van der Waals surface area contributed by atoms with Crippen LogP contribution in [0.15, 0.2) is 48.5 Å². The molecule has 0 aromatic heterocycles. The van der Waals surface area contributed by atoms with E-state index in [-0.39, 0.29) is 30.3 Å². The zero-order valence-corrected chi connectivity index (χ0v) is 19.7. The fourth-order valence-corrected chi connectivity index (χ4v) is 4.60. The second-order valence-corrected chi connectivity index (χ2v) is 9.16. The molecule has 2 aromatic rings. The number of nitrogens with one attached hydrogen (secondary N) is 1. The number of hydrogen-bond donors (Lipinski definition) is 1. The first-order valence-corrected chi connectivity index (χ1v) is 11.9. The lowest BCUT2D eigenvalue weighted by Gasteiger charge is -2.34. The van der Waals surface area contributed by atoms with Crippen molar-refractivity contribution in [2.75, 3.05) is 12.4 Å². The van der Waals surface area contributed by atoms with Gasteiger partial charge in [-0.2, -0.15) is 0 Å². The normalized spacial score (nSPS) is 19.2. The van der Waals surface area contributed by atoms with E-state index in [4.69, 9.17) is 23.2 Å². The number of hydrogen-bond acceptors (Lipinski definition) is 2. The number of rotatable bonds is 8. The molecule has 0 aliphatic heterocycles. The minimum absolute atomic E-state index is 0.0677. The molecular formula is C25H29Cl2FN2O2. The van der Waals surface area contributed by atoms with Gasteiger partial charge in [0.2, 0.25) is 11.8 Å². The van der Waals surface area contributed by atoms with Gasteiger partial charge in [-0.3, -0.25) is 9.59 Å². The van der Waals surface area contributed by atoms with Crippen LogP contribution < -0.4 is 5.32 Å². The number of amides is 2. The van der Waals surface area contributed by atoms with E-state index in [1.807, 2.05) is 18.2 Å². The van der Waals surface area contributed by atoms with Crippen LogP contribution in [-0.4, -0.2) is 35.2 Å². The molecule has 3 rings (SSSR count). The first kappa shape index (κ1) is 24.5. The molecule has 32 heavy (non-hydrogen) atoms. The predicted octanol–water partition coefficient (Wildman–Crippen LogP) is 5.53. The van der Waals surface area contributed by atoms with Crippen LogP contribution in [0.2, 0.25) is 5.02 Å². The molecule has 4 nitrogen and oxygen atoms in total. The topological polar surface area (TPSA) is 49.4 Å². The molecule has 0 radical (unpaired) electrons. The number of carbonyl (C=O) groups excluding carboxylic acids is 2. The summed E-state index contributed by atoms with van der Waals surface area (Å²) in [6.45, 7) is 2.47. The zero-order valence-electron chi connectivity index (χ0n) is 18.2. The molecule has 1 atom stereocenters. The van der Waals surface area contributed by atoms with Crippen molar-refractivity contribution < 1.29 is 14.0 Å². The van der Waals surface area contributed by atoms with E-state index in [1.54, 1.807) is 18.2 Å². The van der Waals surface area contributed by atoms with Crippen molar-refractivity contribution in [3.63, 3.8) is 0 Å². The summed E-state index contributed by atoms with van der Waals surface area (Å²) in [6.07, 6.45) is 4.40. The van der Waals surface area contributed by atoms with Crippen molar-refractivity contribution in [3.8, 4) is 0 Å². The van der Waals surface area contributed by atoms with E-state index in [9.17, 15) is 14.0 Å². The van der Waals surface area contributed by atoms with Gasteiger partial charge in [0.05, 0.1) is 0 Å². The maximum atomic E-state index is 13.6. The lowest BCUT2D eigenvalue weighted by molar-refractivity contribution is -0.139. The van der Waals surface area contributed by atoms with Crippen LogP contribution in [0.5, 0.6) is 0 Å². The van der Waals surface area contributed by atoms with Gasteiger partial charge in [-0.25, -0.2) is 4.39 Å². The minimum atomic E-state index is -0.899. The molecule has 0 bridgehead atoms. The Balaban J connectivity index is 1.86. The molecule has 1 N–H and O–H groups in total. The average Bonchev–Trinajstić information content (AvgIpc) is 2.79. The van der Waals surface area contributed by atoms with Crippen LogP contribution in [0.1, 0.15) is 49.8 Å². The number of halogens is 3. The Morgan fingerprint density at radius 2 is 1.75 bits per heavy atom. The van der Waals surface area contributed by atoms with Gasteiger partial charge in [0.25, 0.3) is 0 Å². The third-order valence-electron chi connectivity index (χ3n) is 6.12. The lowest BCUT2D eigenvalue weighted by atomic mass is 9.87. The third kappa shape index (κ3) is 6.46. The van der Waals surface area contributed by atoms with Gasteiger partial charge in [0.15, 0.2) is 0 Å². The monoisotopic (exact) mass is 478 g/mol. The van der Waals surface area contributed by atoms with Gasteiger partial charge in [0, 0.05) is 17.6 Å². The lowest BCUT2D eigenvalue weighted by Crippen LogP contribution is -2.48. The molecule has 172 valence electrons. The quantitative estimate of drug-likeness (QED) is 0.507. The summed E-state index contributed by atoms with van der Waals surface area (Å²) < 4.78 is 13.6. The van der Waals surface area contributed by atoms with Crippen LogP contribution in [0.3, 0.4) is 0 Å². The predicted molar refractivity (Wildman–Crippen MR) is 126 cm³/mol. The Hall–Kier alpha value is -2.11. The number of nitrogens with zero attached hydrogens (tertiary/aromatic N) is 1. The van der Waals surface area contributed by atoms with E-state index in [1.165, 1.54) is 17.0 Å².